The van der Waals surface area contributed by atoms with Gasteiger partial charge in [-0.3, -0.25) is 9.82 Å². The maximum atomic E-state index is 12.5. The number of aromatic nitrogens is 4. The molecular weight excluding hydrogens is 312 g/mol. The highest BCUT2D eigenvalue weighted by Gasteiger charge is 2.25. The molecule has 0 aliphatic rings. The maximum absolute atomic E-state index is 12.5. The van der Waals surface area contributed by atoms with Crippen molar-refractivity contribution in [2.24, 2.45) is 0 Å². The van der Waals surface area contributed by atoms with Gasteiger partial charge in [0.25, 0.3) is 10.0 Å². The van der Waals surface area contributed by atoms with Crippen molar-refractivity contribution in [2.75, 3.05) is 11.3 Å². The highest BCUT2D eigenvalue weighted by molar-refractivity contribution is 7.93. The van der Waals surface area contributed by atoms with Crippen molar-refractivity contribution in [3.05, 3.63) is 16.4 Å². The normalized spacial score (nSPS) is 11.8. The van der Waals surface area contributed by atoms with Gasteiger partial charge in [0.2, 0.25) is 5.13 Å². The Hall–Kier alpha value is -1.52. The number of aromatic amines is 1. The summed E-state index contributed by atoms with van der Waals surface area (Å²) in [5.41, 5.74) is 0.956. The van der Waals surface area contributed by atoms with Gasteiger partial charge < -0.3 is 5.32 Å². The predicted octanol–water partition coefficient (Wildman–Crippen LogP) is 1.04. The smallest absolute Gasteiger partial charge is 0.267 e. The van der Waals surface area contributed by atoms with Gasteiger partial charge in [0.15, 0.2) is 0 Å². The topological polar surface area (TPSA) is 113 Å². The van der Waals surface area contributed by atoms with E-state index in [1.807, 2.05) is 13.8 Å². The van der Waals surface area contributed by atoms with Crippen molar-refractivity contribution >= 4 is 26.5 Å². The first kappa shape index (κ1) is 15.9. The second-order valence-electron chi connectivity index (χ2n) is 4.36. The number of anilines is 1. The summed E-state index contributed by atoms with van der Waals surface area (Å²) in [6.07, 6.45) is 0.718. The number of sulfonamides is 1. The Kier molecular flexibility index (Phi) is 4.91. The molecule has 0 bridgehead atoms. The number of aryl methyl sites for hydroxylation is 2. The van der Waals surface area contributed by atoms with E-state index in [0.29, 0.717) is 17.9 Å². The molecule has 116 valence electrons. The number of nitrogens with one attached hydrogen (secondary N) is 3. The Morgan fingerprint density at radius 3 is 2.67 bits per heavy atom. The largest absolute Gasteiger partial charge is 0.311 e. The molecule has 2 aromatic heterocycles. The fraction of sp³-hybridized carbons (Fsp3) is 0.545. The fourth-order valence-corrected chi connectivity index (χ4v) is 4.07. The van der Waals surface area contributed by atoms with Crippen LogP contribution in [0.2, 0.25) is 0 Å². The first-order valence-electron chi connectivity index (χ1n) is 6.57. The van der Waals surface area contributed by atoms with Crippen LogP contribution in [-0.2, 0) is 23.0 Å². The Bertz CT molecular complexity index is 706. The van der Waals surface area contributed by atoms with Crippen LogP contribution in [0.1, 0.15) is 30.2 Å². The Balaban J connectivity index is 2.28. The van der Waals surface area contributed by atoms with Crippen LogP contribution < -0.4 is 10.0 Å². The minimum absolute atomic E-state index is 0.164. The van der Waals surface area contributed by atoms with Gasteiger partial charge in [-0.15, -0.1) is 10.2 Å². The third-order valence-electron chi connectivity index (χ3n) is 2.76. The van der Waals surface area contributed by atoms with Crippen molar-refractivity contribution in [1.29, 1.82) is 0 Å². The Labute approximate surface area is 127 Å². The van der Waals surface area contributed by atoms with Gasteiger partial charge >= 0.3 is 0 Å². The first-order valence-corrected chi connectivity index (χ1v) is 8.87. The van der Waals surface area contributed by atoms with E-state index in [0.717, 1.165) is 18.0 Å². The molecule has 2 rings (SSSR count). The summed E-state index contributed by atoms with van der Waals surface area (Å²) in [5, 5.41) is 18.6. The lowest BCUT2D eigenvalue weighted by Gasteiger charge is -2.06. The molecule has 0 unspecified atom stereocenters. The van der Waals surface area contributed by atoms with Crippen LogP contribution in [-0.4, -0.2) is 35.4 Å². The first-order chi connectivity index (χ1) is 9.97. The van der Waals surface area contributed by atoms with Gasteiger partial charge in [0.05, 0.1) is 11.4 Å². The molecule has 0 radical (unpaired) electrons. The van der Waals surface area contributed by atoms with E-state index < -0.39 is 10.0 Å². The van der Waals surface area contributed by atoms with Crippen LogP contribution in [0, 0.1) is 6.92 Å². The SMILES string of the molecule is CCNCc1n[nH]c(C)c1S(=O)(=O)Nc1nnc(CC)s1. The van der Waals surface area contributed by atoms with E-state index in [2.05, 4.69) is 30.4 Å². The van der Waals surface area contributed by atoms with E-state index >= 15 is 0 Å². The van der Waals surface area contributed by atoms with E-state index in [-0.39, 0.29) is 10.0 Å². The van der Waals surface area contributed by atoms with E-state index in [9.17, 15) is 8.42 Å². The second kappa shape index (κ2) is 6.50. The van der Waals surface area contributed by atoms with E-state index in [4.69, 9.17) is 0 Å². The van der Waals surface area contributed by atoms with Gasteiger partial charge in [-0.25, -0.2) is 8.42 Å². The summed E-state index contributed by atoms with van der Waals surface area (Å²) in [6, 6.07) is 0. The lowest BCUT2D eigenvalue weighted by Crippen LogP contribution is -2.19. The van der Waals surface area contributed by atoms with E-state index in [1.165, 1.54) is 11.3 Å². The quantitative estimate of drug-likeness (QED) is 0.699. The van der Waals surface area contributed by atoms with Crippen molar-refractivity contribution in [2.45, 2.75) is 38.6 Å². The molecule has 0 fully saturated rings. The molecule has 0 amide bonds. The average molecular weight is 330 g/mol. The Morgan fingerprint density at radius 2 is 2.05 bits per heavy atom. The van der Waals surface area contributed by atoms with Crippen LogP contribution >= 0.6 is 11.3 Å². The average Bonchev–Trinajstić information content (AvgIpc) is 3.02. The zero-order valence-electron chi connectivity index (χ0n) is 12.1. The van der Waals surface area contributed by atoms with Crippen molar-refractivity contribution in [1.82, 2.24) is 25.7 Å². The molecule has 8 nitrogen and oxygen atoms in total. The summed E-state index contributed by atoms with van der Waals surface area (Å²) in [7, 11) is -3.73. The molecule has 0 aromatic carbocycles. The summed E-state index contributed by atoms with van der Waals surface area (Å²) >= 11 is 1.23. The highest BCUT2D eigenvalue weighted by atomic mass is 32.2. The van der Waals surface area contributed by atoms with Crippen molar-refractivity contribution in [3.8, 4) is 0 Å². The zero-order valence-corrected chi connectivity index (χ0v) is 13.7. The third kappa shape index (κ3) is 3.57. The lowest BCUT2D eigenvalue weighted by atomic mass is 10.3. The van der Waals surface area contributed by atoms with Gasteiger partial charge in [0, 0.05) is 6.54 Å². The standard InChI is InChI=1S/C11H18N6O2S2/c1-4-9-15-16-11(20-9)17-21(18,19)10-7(3)13-14-8(10)6-12-5-2/h12H,4-6H2,1-3H3,(H,13,14)(H,16,17). The molecular formula is C11H18N6O2S2. The molecule has 0 saturated heterocycles. The number of rotatable bonds is 7. The molecule has 10 heteroatoms. The van der Waals surface area contributed by atoms with Crippen LogP contribution in [0.15, 0.2) is 4.90 Å². The van der Waals surface area contributed by atoms with Gasteiger partial charge in [0.1, 0.15) is 9.90 Å². The van der Waals surface area contributed by atoms with Crippen LogP contribution in [0.3, 0.4) is 0 Å². The maximum Gasteiger partial charge on any atom is 0.267 e. The molecule has 21 heavy (non-hydrogen) atoms. The molecule has 3 N–H and O–H groups in total. The predicted molar refractivity (Wildman–Crippen MR) is 80.8 cm³/mol. The minimum Gasteiger partial charge on any atom is -0.311 e. The monoisotopic (exact) mass is 330 g/mol. The second-order valence-corrected chi connectivity index (χ2v) is 7.05. The van der Waals surface area contributed by atoms with Crippen molar-refractivity contribution < 1.29 is 8.42 Å². The minimum atomic E-state index is -3.73. The van der Waals surface area contributed by atoms with Crippen LogP contribution in [0.4, 0.5) is 5.13 Å². The Morgan fingerprint density at radius 1 is 1.29 bits per heavy atom. The molecule has 2 aromatic rings. The fourth-order valence-electron chi connectivity index (χ4n) is 1.79. The summed E-state index contributed by atoms with van der Waals surface area (Å²) in [4.78, 5) is 0.164. The van der Waals surface area contributed by atoms with Crippen LogP contribution in [0.5, 0.6) is 0 Å². The molecule has 0 aliphatic carbocycles. The molecule has 0 atom stereocenters. The number of hydrogen-bond acceptors (Lipinski definition) is 7. The number of nitrogens with zero attached hydrogens (tertiary/aromatic N) is 3. The zero-order chi connectivity index (χ0) is 15.5. The van der Waals surface area contributed by atoms with Gasteiger partial charge in [-0.05, 0) is 19.9 Å². The van der Waals surface area contributed by atoms with Gasteiger partial charge in [-0.2, -0.15) is 5.10 Å². The molecule has 0 saturated carbocycles. The van der Waals surface area contributed by atoms with Crippen molar-refractivity contribution in [3.63, 3.8) is 0 Å². The number of H-pyrrole nitrogens is 1. The third-order valence-corrected chi connectivity index (χ3v) is 5.42. The van der Waals surface area contributed by atoms with Crippen LogP contribution in [0.25, 0.3) is 0 Å². The van der Waals surface area contributed by atoms with Gasteiger partial charge in [-0.1, -0.05) is 25.2 Å². The summed E-state index contributed by atoms with van der Waals surface area (Å²) in [5.74, 6) is 0. The lowest BCUT2D eigenvalue weighted by molar-refractivity contribution is 0.597. The summed E-state index contributed by atoms with van der Waals surface area (Å²) in [6.45, 7) is 6.67. The molecule has 0 aliphatic heterocycles. The highest BCUT2D eigenvalue weighted by Crippen LogP contribution is 2.23. The summed E-state index contributed by atoms with van der Waals surface area (Å²) < 4.78 is 27.5. The van der Waals surface area contributed by atoms with E-state index in [1.54, 1.807) is 6.92 Å². The molecule has 0 spiro atoms. The number of hydrogen-bond donors (Lipinski definition) is 3. The molecule has 2 heterocycles.